The summed E-state index contributed by atoms with van der Waals surface area (Å²) >= 11 is 3.35. The smallest absolute Gasteiger partial charge is 0.271 e. The maximum absolute atomic E-state index is 13.1. The lowest BCUT2D eigenvalue weighted by atomic mass is 9.94. The molecule has 0 bridgehead atoms. The molecule has 0 aliphatic heterocycles. The highest BCUT2D eigenvalue weighted by molar-refractivity contribution is 9.10. The van der Waals surface area contributed by atoms with Crippen molar-refractivity contribution in [2.75, 3.05) is 0 Å². The molecule has 0 fully saturated rings. The third-order valence-electron chi connectivity index (χ3n) is 3.14. The van der Waals surface area contributed by atoms with Gasteiger partial charge in [0.2, 0.25) is 0 Å². The molecule has 0 amide bonds. The van der Waals surface area contributed by atoms with Gasteiger partial charge in [-0.25, -0.2) is 5.43 Å². The van der Waals surface area contributed by atoms with Gasteiger partial charge in [-0.2, -0.15) is 13.2 Å². The number of alkyl halides is 3. The van der Waals surface area contributed by atoms with Crippen molar-refractivity contribution in [2.24, 2.45) is 5.84 Å². The fourth-order valence-corrected chi connectivity index (χ4v) is 2.93. The summed E-state index contributed by atoms with van der Waals surface area (Å²) in [7, 11) is 0. The van der Waals surface area contributed by atoms with Crippen LogP contribution in [0.2, 0.25) is 0 Å². The Morgan fingerprint density at radius 1 is 1.14 bits per heavy atom. The first-order valence-corrected chi connectivity index (χ1v) is 7.01. The van der Waals surface area contributed by atoms with Crippen LogP contribution < -0.4 is 11.3 Å². The van der Waals surface area contributed by atoms with E-state index in [0.717, 1.165) is 16.1 Å². The zero-order chi connectivity index (χ0) is 15.6. The molecule has 112 valence electrons. The molecule has 0 aromatic heterocycles. The molecule has 2 aromatic rings. The van der Waals surface area contributed by atoms with Crippen LogP contribution in [0.15, 0.2) is 46.9 Å². The van der Waals surface area contributed by atoms with Crippen LogP contribution in [-0.2, 0) is 6.18 Å². The standard InChI is InChI=1S/C15H14BrF3N2/c1-9-6-10(8-11(16)7-9)14(21-20)12-4-2-3-5-13(12)15(17,18)19/h2-8,14,21H,20H2,1H3. The average Bonchev–Trinajstić information content (AvgIpc) is 2.38. The SMILES string of the molecule is Cc1cc(Br)cc(C(NN)c2ccccc2C(F)(F)F)c1. The lowest BCUT2D eigenvalue weighted by Crippen LogP contribution is -2.30. The molecule has 6 heteroatoms. The molecule has 2 rings (SSSR count). The van der Waals surface area contributed by atoms with E-state index in [1.54, 1.807) is 12.1 Å². The van der Waals surface area contributed by atoms with Crippen molar-refractivity contribution in [3.8, 4) is 0 Å². The number of nitrogens with two attached hydrogens (primary N) is 1. The lowest BCUT2D eigenvalue weighted by molar-refractivity contribution is -0.138. The zero-order valence-electron chi connectivity index (χ0n) is 11.2. The van der Waals surface area contributed by atoms with Crippen LogP contribution >= 0.6 is 15.9 Å². The van der Waals surface area contributed by atoms with Gasteiger partial charge in [0.1, 0.15) is 0 Å². The second-order valence-corrected chi connectivity index (χ2v) is 5.66. The van der Waals surface area contributed by atoms with Crippen molar-refractivity contribution >= 4 is 15.9 Å². The number of halogens is 4. The largest absolute Gasteiger partial charge is 0.416 e. The van der Waals surface area contributed by atoms with E-state index in [9.17, 15) is 13.2 Å². The monoisotopic (exact) mass is 358 g/mol. The van der Waals surface area contributed by atoms with E-state index in [4.69, 9.17) is 5.84 Å². The molecule has 2 aromatic carbocycles. The molecule has 21 heavy (non-hydrogen) atoms. The Morgan fingerprint density at radius 2 is 1.81 bits per heavy atom. The zero-order valence-corrected chi connectivity index (χ0v) is 12.8. The molecule has 1 atom stereocenters. The van der Waals surface area contributed by atoms with E-state index in [1.807, 2.05) is 19.1 Å². The summed E-state index contributed by atoms with van der Waals surface area (Å²) in [4.78, 5) is 0. The van der Waals surface area contributed by atoms with Crippen LogP contribution in [0, 0.1) is 6.92 Å². The minimum Gasteiger partial charge on any atom is -0.271 e. The third-order valence-corrected chi connectivity index (χ3v) is 3.60. The summed E-state index contributed by atoms with van der Waals surface area (Å²) in [5, 5.41) is 0. The number of hydrogen-bond donors (Lipinski definition) is 2. The highest BCUT2D eigenvalue weighted by Gasteiger charge is 2.35. The maximum atomic E-state index is 13.1. The number of hydrazine groups is 1. The Hall–Kier alpha value is -1.37. The first-order valence-electron chi connectivity index (χ1n) is 6.22. The summed E-state index contributed by atoms with van der Waals surface area (Å²) in [6.45, 7) is 1.87. The Bertz CT molecular complexity index is 621. The second-order valence-electron chi connectivity index (χ2n) is 4.75. The first-order chi connectivity index (χ1) is 9.82. The quantitative estimate of drug-likeness (QED) is 0.633. The van der Waals surface area contributed by atoms with Crippen molar-refractivity contribution in [3.05, 3.63) is 69.2 Å². The van der Waals surface area contributed by atoms with Gasteiger partial charge in [-0.3, -0.25) is 5.84 Å². The van der Waals surface area contributed by atoms with E-state index >= 15 is 0 Å². The van der Waals surface area contributed by atoms with E-state index in [1.165, 1.54) is 12.1 Å². The van der Waals surface area contributed by atoms with Crippen molar-refractivity contribution < 1.29 is 13.2 Å². The van der Waals surface area contributed by atoms with Crippen LogP contribution in [0.4, 0.5) is 13.2 Å². The summed E-state index contributed by atoms with van der Waals surface area (Å²) in [6.07, 6.45) is -4.42. The van der Waals surface area contributed by atoms with Gasteiger partial charge in [-0.1, -0.05) is 40.2 Å². The van der Waals surface area contributed by atoms with Crippen LogP contribution in [0.1, 0.15) is 28.3 Å². The molecule has 0 heterocycles. The molecule has 3 N–H and O–H groups in total. The molecule has 2 nitrogen and oxygen atoms in total. The topological polar surface area (TPSA) is 38.0 Å². The second kappa shape index (κ2) is 6.17. The van der Waals surface area contributed by atoms with Gasteiger partial charge in [-0.15, -0.1) is 0 Å². The van der Waals surface area contributed by atoms with Crippen LogP contribution in [0.5, 0.6) is 0 Å². The highest BCUT2D eigenvalue weighted by Crippen LogP contribution is 2.36. The number of nitrogens with one attached hydrogen (secondary N) is 1. The van der Waals surface area contributed by atoms with Gasteiger partial charge in [0, 0.05) is 4.47 Å². The molecule has 0 saturated carbocycles. The Balaban J connectivity index is 2.57. The van der Waals surface area contributed by atoms with Gasteiger partial charge < -0.3 is 0 Å². The van der Waals surface area contributed by atoms with Crippen LogP contribution in [-0.4, -0.2) is 0 Å². The molecule has 0 spiro atoms. The van der Waals surface area contributed by atoms with Crippen molar-refractivity contribution in [1.29, 1.82) is 0 Å². The Morgan fingerprint density at radius 3 is 2.38 bits per heavy atom. The predicted molar refractivity (Wildman–Crippen MR) is 79.5 cm³/mol. The Labute approximate surface area is 129 Å². The molecule has 0 aliphatic rings. The molecule has 0 radical (unpaired) electrons. The minimum absolute atomic E-state index is 0.102. The van der Waals surface area contributed by atoms with Gasteiger partial charge in [0.15, 0.2) is 0 Å². The fourth-order valence-electron chi connectivity index (χ4n) is 2.30. The molecule has 1 unspecified atom stereocenters. The van der Waals surface area contributed by atoms with E-state index in [0.29, 0.717) is 5.56 Å². The lowest BCUT2D eigenvalue weighted by Gasteiger charge is -2.22. The number of hydrogen-bond acceptors (Lipinski definition) is 2. The number of aryl methyl sites for hydroxylation is 1. The summed E-state index contributed by atoms with van der Waals surface area (Å²) < 4.78 is 40.2. The predicted octanol–water partition coefficient (Wildman–Crippen LogP) is 4.33. The van der Waals surface area contributed by atoms with Crippen molar-refractivity contribution in [2.45, 2.75) is 19.1 Å². The number of benzene rings is 2. The minimum atomic E-state index is -4.42. The van der Waals surface area contributed by atoms with Crippen molar-refractivity contribution in [1.82, 2.24) is 5.43 Å². The number of rotatable bonds is 3. The normalized spacial score (nSPS) is 13.2. The summed E-state index contributed by atoms with van der Waals surface area (Å²) in [5.74, 6) is 5.52. The van der Waals surface area contributed by atoms with Gasteiger partial charge >= 0.3 is 6.18 Å². The van der Waals surface area contributed by atoms with Gasteiger partial charge in [0.05, 0.1) is 11.6 Å². The molecule has 0 saturated heterocycles. The molecule has 0 aliphatic carbocycles. The van der Waals surface area contributed by atoms with Crippen LogP contribution in [0.25, 0.3) is 0 Å². The summed E-state index contributed by atoms with van der Waals surface area (Å²) in [6, 6.07) is 10.1. The van der Waals surface area contributed by atoms with E-state index < -0.39 is 17.8 Å². The highest BCUT2D eigenvalue weighted by atomic mass is 79.9. The summed E-state index contributed by atoms with van der Waals surface area (Å²) in [5.41, 5.74) is 3.50. The van der Waals surface area contributed by atoms with E-state index in [-0.39, 0.29) is 5.56 Å². The third kappa shape index (κ3) is 3.64. The van der Waals surface area contributed by atoms with Crippen LogP contribution in [0.3, 0.4) is 0 Å². The van der Waals surface area contributed by atoms with Crippen molar-refractivity contribution in [3.63, 3.8) is 0 Å². The van der Waals surface area contributed by atoms with Gasteiger partial charge in [0.25, 0.3) is 0 Å². The maximum Gasteiger partial charge on any atom is 0.416 e. The first kappa shape index (κ1) is 16.0. The average molecular weight is 359 g/mol. The van der Waals surface area contributed by atoms with E-state index in [2.05, 4.69) is 21.4 Å². The molecular formula is C15H14BrF3N2. The Kier molecular flexibility index (Phi) is 4.70. The fraction of sp³-hybridized carbons (Fsp3) is 0.200. The molecular weight excluding hydrogens is 345 g/mol. The van der Waals surface area contributed by atoms with Gasteiger partial charge in [-0.05, 0) is 41.8 Å².